The van der Waals surface area contributed by atoms with Crippen molar-refractivity contribution in [3.8, 4) is 12.1 Å². The van der Waals surface area contributed by atoms with Crippen molar-refractivity contribution in [2.24, 2.45) is 17.3 Å². The summed E-state index contributed by atoms with van der Waals surface area (Å²) in [6.07, 6.45) is -5.23. The van der Waals surface area contributed by atoms with Crippen molar-refractivity contribution in [3.63, 3.8) is 0 Å². The van der Waals surface area contributed by atoms with Gasteiger partial charge in [0.2, 0.25) is 0 Å². The lowest BCUT2D eigenvalue weighted by molar-refractivity contribution is -0.115. The predicted molar refractivity (Wildman–Crippen MR) is 111 cm³/mol. The van der Waals surface area contributed by atoms with Crippen LogP contribution < -0.4 is 9.21 Å². The third kappa shape index (κ3) is 4.99. The summed E-state index contributed by atoms with van der Waals surface area (Å²) in [4.78, 5) is 5.45. The van der Waals surface area contributed by atoms with Crippen molar-refractivity contribution in [3.05, 3.63) is 28.5 Å². The zero-order chi connectivity index (χ0) is 24.2. The van der Waals surface area contributed by atoms with Gasteiger partial charge in [-0.1, -0.05) is 11.6 Å². The summed E-state index contributed by atoms with van der Waals surface area (Å²) in [5.74, 6) is -0.239. The highest BCUT2D eigenvalue weighted by Gasteiger charge is 2.43. The first kappa shape index (κ1) is 25.1. The molecule has 0 fully saturated rings. The maximum atomic E-state index is 13.6. The summed E-state index contributed by atoms with van der Waals surface area (Å²) in [5, 5.41) is 25.6. The van der Waals surface area contributed by atoms with Crippen molar-refractivity contribution >= 4 is 45.9 Å². The van der Waals surface area contributed by atoms with Crippen molar-refractivity contribution in [2.75, 3.05) is 22.3 Å². The van der Waals surface area contributed by atoms with Gasteiger partial charge < -0.3 is 9.47 Å². The number of nitrogens with zero attached hydrogens (tertiary/aromatic N) is 8. The fraction of sp³-hybridized carbons (Fsp3) is 0.353. The van der Waals surface area contributed by atoms with E-state index in [-0.39, 0.29) is 28.0 Å². The van der Waals surface area contributed by atoms with Crippen LogP contribution in [0.15, 0.2) is 22.4 Å². The first-order chi connectivity index (χ1) is 15.0. The summed E-state index contributed by atoms with van der Waals surface area (Å²) in [7, 11) is 1.36. The van der Waals surface area contributed by atoms with Gasteiger partial charge in [-0.3, -0.25) is 4.55 Å². The first-order valence-corrected chi connectivity index (χ1v) is 10.3. The second-order valence-electron chi connectivity index (χ2n) is 6.05. The van der Waals surface area contributed by atoms with Gasteiger partial charge in [0.15, 0.2) is 11.4 Å². The minimum Gasteiger partial charge on any atom is -0.371 e. The van der Waals surface area contributed by atoms with Crippen LogP contribution in [0.5, 0.6) is 0 Å². The standard InChI is InChI=1S/C17H16ClF3N8O2S/c1-4-28(5-2)13-7-14(29(32(30)31)17(19,20)21)11(6-10(13)18)25-26-16-24-12(8-22)15(9-23)27(16)3/h6-7H,4-5H2,1-3H3,(H,30,31). The molecule has 0 aliphatic carbocycles. The van der Waals surface area contributed by atoms with Gasteiger partial charge in [0, 0.05) is 20.1 Å². The van der Waals surface area contributed by atoms with Crippen LogP contribution in [0, 0.1) is 22.7 Å². The second-order valence-corrected chi connectivity index (χ2v) is 7.28. The molecule has 1 aromatic heterocycles. The number of anilines is 2. The number of imidazole rings is 1. The van der Waals surface area contributed by atoms with E-state index in [4.69, 9.17) is 22.1 Å². The van der Waals surface area contributed by atoms with Crippen LogP contribution in [0.25, 0.3) is 0 Å². The van der Waals surface area contributed by atoms with Crippen molar-refractivity contribution in [1.29, 1.82) is 10.5 Å². The smallest absolute Gasteiger partial charge is 0.371 e. The van der Waals surface area contributed by atoms with E-state index in [9.17, 15) is 21.9 Å². The molecule has 10 nitrogen and oxygen atoms in total. The summed E-state index contributed by atoms with van der Waals surface area (Å²) in [6.45, 7) is 4.34. The molecular formula is C17H16ClF3N8O2S. The Morgan fingerprint density at radius 1 is 1.22 bits per heavy atom. The highest BCUT2D eigenvalue weighted by atomic mass is 35.5. The van der Waals surface area contributed by atoms with Crippen molar-refractivity contribution < 1.29 is 21.9 Å². The zero-order valence-corrected chi connectivity index (χ0v) is 18.5. The lowest BCUT2D eigenvalue weighted by atomic mass is 10.2. The molecule has 2 rings (SSSR count). The van der Waals surface area contributed by atoms with Gasteiger partial charge in [0.1, 0.15) is 17.8 Å². The van der Waals surface area contributed by atoms with E-state index < -0.39 is 33.2 Å². The van der Waals surface area contributed by atoms with E-state index in [1.165, 1.54) is 7.05 Å². The fourth-order valence-electron chi connectivity index (χ4n) is 2.78. The Bertz CT molecular complexity index is 1150. The minimum absolute atomic E-state index is 0.0347. The molecule has 1 atom stereocenters. The van der Waals surface area contributed by atoms with Crippen LogP contribution in [-0.4, -0.2) is 37.7 Å². The Balaban J connectivity index is 2.74. The van der Waals surface area contributed by atoms with Crippen LogP contribution >= 0.6 is 11.6 Å². The third-order valence-electron chi connectivity index (χ3n) is 4.28. The summed E-state index contributed by atoms with van der Waals surface area (Å²) >= 11 is 2.77. The number of alkyl halides is 3. The van der Waals surface area contributed by atoms with E-state index >= 15 is 0 Å². The molecule has 170 valence electrons. The maximum Gasteiger partial charge on any atom is 0.498 e. The number of hydrogen-bond donors (Lipinski definition) is 1. The van der Waals surface area contributed by atoms with Crippen LogP contribution in [-0.2, 0) is 18.3 Å². The molecule has 0 radical (unpaired) electrons. The molecule has 1 unspecified atom stereocenters. The number of benzene rings is 1. The molecule has 0 aliphatic rings. The lowest BCUT2D eigenvalue weighted by Gasteiger charge is -2.27. The second kappa shape index (κ2) is 9.95. The molecule has 32 heavy (non-hydrogen) atoms. The number of azo groups is 1. The summed E-state index contributed by atoms with van der Waals surface area (Å²) in [5.41, 5.74) is -1.42. The SMILES string of the molecule is CCN(CC)c1cc(N(S(=O)O)C(F)(F)F)c(N=Nc2nc(C#N)c(C#N)n2C)cc1Cl. The summed E-state index contributed by atoms with van der Waals surface area (Å²) < 4.78 is 62.1. The van der Waals surface area contributed by atoms with Gasteiger partial charge in [0.05, 0.1) is 16.4 Å². The van der Waals surface area contributed by atoms with E-state index in [2.05, 4.69) is 15.2 Å². The molecule has 0 amide bonds. The molecule has 0 saturated carbocycles. The number of aromatic nitrogens is 2. The van der Waals surface area contributed by atoms with Gasteiger partial charge in [-0.05, 0) is 26.0 Å². The van der Waals surface area contributed by atoms with Gasteiger partial charge >= 0.3 is 6.30 Å². The molecule has 0 spiro atoms. The summed E-state index contributed by atoms with van der Waals surface area (Å²) in [6, 6.07) is 5.52. The molecule has 0 bridgehead atoms. The molecule has 15 heteroatoms. The van der Waals surface area contributed by atoms with E-state index in [0.717, 1.165) is 16.7 Å². The quantitative estimate of drug-likeness (QED) is 0.345. The van der Waals surface area contributed by atoms with Crippen molar-refractivity contribution in [2.45, 2.75) is 20.1 Å². The molecular weight excluding hydrogens is 473 g/mol. The first-order valence-electron chi connectivity index (χ1n) is 8.85. The average molecular weight is 489 g/mol. The number of rotatable bonds is 7. The maximum absolute atomic E-state index is 13.6. The lowest BCUT2D eigenvalue weighted by Crippen LogP contribution is -2.39. The normalized spacial score (nSPS) is 12.4. The fourth-order valence-corrected chi connectivity index (χ4v) is 3.55. The van der Waals surface area contributed by atoms with E-state index in [1.807, 2.05) is 0 Å². The predicted octanol–water partition coefficient (Wildman–Crippen LogP) is 4.54. The minimum atomic E-state index is -5.23. The van der Waals surface area contributed by atoms with Crippen LogP contribution in [0.1, 0.15) is 25.2 Å². The number of hydrogen-bond acceptors (Lipinski definition) is 7. The molecule has 1 aromatic carbocycles. The highest BCUT2D eigenvalue weighted by Crippen LogP contribution is 2.43. The third-order valence-corrected chi connectivity index (χ3v) is 5.30. The van der Waals surface area contributed by atoms with Crippen LogP contribution in [0.2, 0.25) is 5.02 Å². The van der Waals surface area contributed by atoms with Crippen LogP contribution in [0.3, 0.4) is 0 Å². The number of nitriles is 2. The Morgan fingerprint density at radius 2 is 1.84 bits per heavy atom. The van der Waals surface area contributed by atoms with E-state index in [1.54, 1.807) is 30.9 Å². The van der Waals surface area contributed by atoms with Crippen LogP contribution in [0.4, 0.5) is 36.2 Å². The van der Waals surface area contributed by atoms with Crippen molar-refractivity contribution in [1.82, 2.24) is 9.55 Å². The average Bonchev–Trinajstić information content (AvgIpc) is 3.03. The topological polar surface area (TPSA) is 134 Å². The Hall–Kier alpha value is -3.20. The molecule has 1 heterocycles. The van der Waals surface area contributed by atoms with E-state index in [0.29, 0.717) is 13.1 Å². The van der Waals surface area contributed by atoms with Gasteiger partial charge in [-0.2, -0.15) is 19.8 Å². The zero-order valence-electron chi connectivity index (χ0n) is 16.9. The Morgan fingerprint density at radius 3 is 2.28 bits per heavy atom. The Labute approximate surface area is 188 Å². The Kier molecular flexibility index (Phi) is 7.79. The molecule has 1 N–H and O–H groups in total. The van der Waals surface area contributed by atoms with Gasteiger partial charge in [-0.25, -0.2) is 4.21 Å². The number of halogens is 4. The largest absolute Gasteiger partial charge is 0.498 e. The molecule has 0 aliphatic heterocycles. The van der Waals surface area contributed by atoms with Gasteiger partial charge in [-0.15, -0.1) is 23.4 Å². The van der Waals surface area contributed by atoms with Gasteiger partial charge in [0.25, 0.3) is 17.2 Å². The molecule has 2 aromatic rings. The highest BCUT2D eigenvalue weighted by molar-refractivity contribution is 7.80. The monoisotopic (exact) mass is 488 g/mol. The molecule has 0 saturated heterocycles.